The Hall–Kier alpha value is -3.32. The summed E-state index contributed by atoms with van der Waals surface area (Å²) in [6.45, 7) is 1.91. The van der Waals surface area contributed by atoms with Gasteiger partial charge >= 0.3 is 18.0 Å². The molecule has 1 fully saturated rings. The molecule has 0 spiro atoms. The van der Waals surface area contributed by atoms with E-state index in [0.29, 0.717) is 6.42 Å². The molecule has 7 nitrogen and oxygen atoms in total. The van der Waals surface area contributed by atoms with Crippen LogP contribution in [0.15, 0.2) is 72.5 Å². The average molecular weight is 409 g/mol. The van der Waals surface area contributed by atoms with Gasteiger partial charge in [-0.15, -0.1) is 0 Å². The lowest BCUT2D eigenvalue weighted by Gasteiger charge is -2.38. The third-order valence-corrected chi connectivity index (χ3v) is 5.23. The van der Waals surface area contributed by atoms with Crippen LogP contribution < -0.4 is 0 Å². The Morgan fingerprint density at radius 2 is 1.70 bits per heavy atom. The molecular formula is C23H23NO6. The number of carbonyl (C=O) groups is 2. The number of ether oxygens (including phenoxy) is 4. The highest BCUT2D eigenvalue weighted by Crippen LogP contribution is 2.45. The van der Waals surface area contributed by atoms with E-state index in [2.05, 4.69) is 0 Å². The van der Waals surface area contributed by atoms with Gasteiger partial charge in [-0.3, -0.25) is 4.90 Å². The quantitative estimate of drug-likeness (QED) is 0.677. The molecule has 2 aliphatic rings. The van der Waals surface area contributed by atoms with Crippen LogP contribution in [0.2, 0.25) is 0 Å². The summed E-state index contributed by atoms with van der Waals surface area (Å²) in [6, 6.07) is 18.4. The summed E-state index contributed by atoms with van der Waals surface area (Å²) < 4.78 is 21.9. The summed E-state index contributed by atoms with van der Waals surface area (Å²) >= 11 is 0. The Morgan fingerprint density at radius 1 is 1.10 bits per heavy atom. The van der Waals surface area contributed by atoms with Gasteiger partial charge in [-0.05, 0) is 24.1 Å². The van der Waals surface area contributed by atoms with Crippen molar-refractivity contribution in [1.29, 1.82) is 0 Å². The van der Waals surface area contributed by atoms with Crippen LogP contribution >= 0.6 is 0 Å². The second-order valence-corrected chi connectivity index (χ2v) is 6.95. The number of hydrogen-bond donors (Lipinski definition) is 0. The maximum Gasteiger partial charge on any atom is 0.416 e. The number of methoxy groups -OCH3 is 1. The first-order valence-electron chi connectivity index (χ1n) is 9.82. The van der Waals surface area contributed by atoms with Gasteiger partial charge in [0, 0.05) is 13.5 Å². The molecule has 7 heteroatoms. The van der Waals surface area contributed by atoms with Gasteiger partial charge in [-0.2, -0.15) is 0 Å². The van der Waals surface area contributed by atoms with Gasteiger partial charge in [0.25, 0.3) is 0 Å². The molecule has 0 aromatic heterocycles. The first-order valence-corrected chi connectivity index (χ1v) is 9.82. The van der Waals surface area contributed by atoms with Gasteiger partial charge in [0.2, 0.25) is 5.76 Å². The van der Waals surface area contributed by atoms with Crippen molar-refractivity contribution in [3.63, 3.8) is 0 Å². The molecule has 0 radical (unpaired) electrons. The molecular weight excluding hydrogens is 386 g/mol. The molecule has 1 amide bonds. The van der Waals surface area contributed by atoms with Gasteiger partial charge in [0.05, 0.1) is 12.6 Å². The minimum Gasteiger partial charge on any atom is -0.460 e. The number of hydrogen-bond acceptors (Lipinski definition) is 6. The molecule has 2 aromatic rings. The highest BCUT2D eigenvalue weighted by molar-refractivity contribution is 5.86. The van der Waals surface area contributed by atoms with E-state index in [9.17, 15) is 9.59 Å². The van der Waals surface area contributed by atoms with Crippen molar-refractivity contribution in [3.8, 4) is 0 Å². The lowest BCUT2D eigenvalue weighted by Crippen LogP contribution is -2.52. The van der Waals surface area contributed by atoms with E-state index in [1.54, 1.807) is 17.9 Å². The fourth-order valence-electron chi connectivity index (χ4n) is 3.92. The van der Waals surface area contributed by atoms with Crippen LogP contribution in [0.5, 0.6) is 0 Å². The monoisotopic (exact) mass is 409 g/mol. The van der Waals surface area contributed by atoms with E-state index in [1.807, 2.05) is 60.7 Å². The van der Waals surface area contributed by atoms with Crippen LogP contribution in [0.4, 0.5) is 4.79 Å². The molecule has 0 saturated carbocycles. The fourth-order valence-corrected chi connectivity index (χ4v) is 3.92. The summed E-state index contributed by atoms with van der Waals surface area (Å²) in [5.41, 5.74) is 1.85. The summed E-state index contributed by atoms with van der Waals surface area (Å²) in [6.07, 6.45) is 1.34. The van der Waals surface area contributed by atoms with E-state index in [-0.39, 0.29) is 12.4 Å². The molecule has 0 bridgehead atoms. The number of rotatable bonds is 6. The van der Waals surface area contributed by atoms with Crippen molar-refractivity contribution in [1.82, 2.24) is 4.90 Å². The van der Waals surface area contributed by atoms with Crippen LogP contribution in [-0.4, -0.2) is 42.7 Å². The van der Waals surface area contributed by atoms with Crippen molar-refractivity contribution in [2.75, 3.05) is 13.7 Å². The molecule has 2 aliphatic heterocycles. The molecule has 1 saturated heterocycles. The number of carbonyl (C=O) groups excluding carboxylic acids is 2. The smallest absolute Gasteiger partial charge is 0.416 e. The van der Waals surface area contributed by atoms with Gasteiger partial charge in [-0.25, -0.2) is 9.59 Å². The van der Waals surface area contributed by atoms with E-state index >= 15 is 0 Å². The lowest BCUT2D eigenvalue weighted by molar-refractivity contribution is -0.331. The molecule has 2 atom stereocenters. The van der Waals surface area contributed by atoms with Gasteiger partial charge in [-0.1, -0.05) is 60.7 Å². The van der Waals surface area contributed by atoms with Crippen molar-refractivity contribution in [2.24, 2.45) is 0 Å². The van der Waals surface area contributed by atoms with Gasteiger partial charge in [0.1, 0.15) is 6.04 Å². The van der Waals surface area contributed by atoms with E-state index in [1.165, 1.54) is 7.11 Å². The minimum absolute atomic E-state index is 0.0272. The van der Waals surface area contributed by atoms with E-state index in [0.717, 1.165) is 11.1 Å². The zero-order valence-electron chi connectivity index (χ0n) is 16.8. The maximum atomic E-state index is 13.1. The lowest BCUT2D eigenvalue weighted by atomic mass is 9.94. The van der Waals surface area contributed by atoms with Crippen molar-refractivity contribution >= 4 is 12.1 Å². The third kappa shape index (κ3) is 3.41. The summed E-state index contributed by atoms with van der Waals surface area (Å²) in [5.74, 6) is -2.37. The van der Waals surface area contributed by atoms with Crippen LogP contribution in [0.1, 0.15) is 30.5 Å². The number of nitrogens with zero attached hydrogens (tertiary/aromatic N) is 1. The second kappa shape index (κ2) is 8.20. The molecule has 156 valence electrons. The largest absolute Gasteiger partial charge is 0.460 e. The molecule has 2 aromatic carbocycles. The van der Waals surface area contributed by atoms with Crippen molar-refractivity contribution in [2.45, 2.75) is 31.4 Å². The maximum absolute atomic E-state index is 13.1. The Balaban J connectivity index is 1.76. The SMILES string of the molecule is CCOC(=O)C1=CCC2N(C(c3ccccc3)c3ccccc3)C(=O)OC2(OC)O1. The molecule has 0 N–H and O–H groups in total. The predicted molar refractivity (Wildman–Crippen MR) is 107 cm³/mol. The van der Waals surface area contributed by atoms with Crippen LogP contribution in [-0.2, 0) is 23.7 Å². The zero-order valence-corrected chi connectivity index (χ0v) is 16.8. The Morgan fingerprint density at radius 3 is 2.23 bits per heavy atom. The van der Waals surface area contributed by atoms with Gasteiger partial charge in [0.15, 0.2) is 0 Å². The van der Waals surface area contributed by atoms with Gasteiger partial charge < -0.3 is 18.9 Å². The number of fused-ring (bicyclic) bond motifs is 1. The van der Waals surface area contributed by atoms with E-state index < -0.39 is 30.1 Å². The number of esters is 1. The summed E-state index contributed by atoms with van der Waals surface area (Å²) in [5, 5.41) is 0. The highest BCUT2D eigenvalue weighted by Gasteiger charge is 2.61. The standard InChI is InChI=1S/C23H23NO6/c1-3-28-21(25)18-14-15-19-23(27-2,29-18)30-22(26)24(19)20(16-10-6-4-7-11-16)17-12-8-5-9-13-17/h4-14,19-20H,3,15H2,1-2H3. The van der Waals surface area contributed by atoms with Crippen LogP contribution in [0.25, 0.3) is 0 Å². The average Bonchev–Trinajstić information content (AvgIpc) is 3.07. The summed E-state index contributed by atoms with van der Waals surface area (Å²) in [4.78, 5) is 26.9. The normalized spacial score (nSPS) is 22.8. The Labute approximate surface area is 174 Å². The first kappa shape index (κ1) is 20.0. The van der Waals surface area contributed by atoms with Crippen LogP contribution in [0, 0.1) is 0 Å². The molecule has 0 aliphatic carbocycles. The first-order chi connectivity index (χ1) is 14.6. The number of amides is 1. The molecule has 2 heterocycles. The molecule has 4 rings (SSSR count). The van der Waals surface area contributed by atoms with E-state index in [4.69, 9.17) is 18.9 Å². The third-order valence-electron chi connectivity index (χ3n) is 5.23. The second-order valence-electron chi connectivity index (χ2n) is 6.95. The van der Waals surface area contributed by atoms with Crippen LogP contribution in [0.3, 0.4) is 0 Å². The topological polar surface area (TPSA) is 74.3 Å². The number of benzene rings is 2. The molecule has 30 heavy (non-hydrogen) atoms. The minimum atomic E-state index is -1.73. The Kier molecular flexibility index (Phi) is 5.46. The van der Waals surface area contributed by atoms with Crippen molar-refractivity contribution in [3.05, 3.63) is 83.6 Å². The summed E-state index contributed by atoms with van der Waals surface area (Å²) in [7, 11) is 1.39. The zero-order chi connectivity index (χ0) is 21.1. The highest BCUT2D eigenvalue weighted by atomic mass is 16.9. The predicted octanol–water partition coefficient (Wildman–Crippen LogP) is 3.76. The van der Waals surface area contributed by atoms with Crippen molar-refractivity contribution < 1.29 is 28.5 Å². The Bertz CT molecular complexity index is 905. The molecule has 2 unspecified atom stereocenters. The fraction of sp³-hybridized carbons (Fsp3) is 0.304.